The third-order valence-electron chi connectivity index (χ3n) is 3.19. The highest BCUT2D eigenvalue weighted by molar-refractivity contribution is 9.10. The quantitative estimate of drug-likeness (QED) is 0.944. The first-order valence-corrected chi connectivity index (χ1v) is 7.02. The molecule has 2 aromatic heterocycles. The van der Waals surface area contributed by atoms with Gasteiger partial charge in [0.2, 0.25) is 5.91 Å². The Balaban J connectivity index is 1.68. The van der Waals surface area contributed by atoms with E-state index in [1.54, 1.807) is 4.52 Å². The molecule has 3 heterocycles. The zero-order chi connectivity index (χ0) is 13.2. The van der Waals surface area contributed by atoms with Crippen LogP contribution in [0.15, 0.2) is 28.9 Å². The molecule has 100 valence electrons. The summed E-state index contributed by atoms with van der Waals surface area (Å²) in [6.07, 6.45) is 3.32. The molecule has 1 unspecified atom stereocenters. The van der Waals surface area contributed by atoms with Gasteiger partial charge in [-0.3, -0.25) is 4.79 Å². The predicted molar refractivity (Wildman–Crippen MR) is 75.1 cm³/mol. The molecule has 1 aliphatic rings. The highest BCUT2D eigenvalue weighted by Crippen LogP contribution is 2.18. The van der Waals surface area contributed by atoms with Crippen LogP contribution in [0.5, 0.6) is 0 Å². The molecule has 1 atom stereocenters. The van der Waals surface area contributed by atoms with Crippen LogP contribution in [0, 0.1) is 5.92 Å². The van der Waals surface area contributed by atoms with E-state index in [1.165, 1.54) is 0 Å². The maximum Gasteiger partial charge on any atom is 0.225 e. The molecule has 1 fully saturated rings. The lowest BCUT2D eigenvalue weighted by Gasteiger charge is -2.06. The van der Waals surface area contributed by atoms with Gasteiger partial charge < -0.3 is 10.1 Å². The monoisotopic (exact) mass is 323 g/mol. The van der Waals surface area contributed by atoms with E-state index >= 15 is 0 Å². The molecule has 1 aliphatic heterocycles. The number of fused-ring (bicyclic) bond motifs is 1. The molecule has 0 aromatic carbocycles. The van der Waals surface area contributed by atoms with E-state index < -0.39 is 0 Å². The van der Waals surface area contributed by atoms with E-state index in [2.05, 4.69) is 26.3 Å². The number of carbonyl (C=O) groups is 1. The van der Waals surface area contributed by atoms with Crippen molar-refractivity contribution in [2.24, 2.45) is 5.92 Å². The Morgan fingerprint density at radius 3 is 3.26 bits per heavy atom. The normalized spacial score (nSPS) is 18.9. The van der Waals surface area contributed by atoms with Gasteiger partial charge in [0.1, 0.15) is 0 Å². The molecule has 19 heavy (non-hydrogen) atoms. The summed E-state index contributed by atoms with van der Waals surface area (Å²) in [6.45, 7) is 1.45. The summed E-state index contributed by atoms with van der Waals surface area (Å²) in [5, 5.41) is 7.15. The van der Waals surface area contributed by atoms with E-state index in [0.29, 0.717) is 24.8 Å². The third-order valence-corrected chi connectivity index (χ3v) is 3.66. The van der Waals surface area contributed by atoms with Crippen LogP contribution in [0.3, 0.4) is 0 Å². The fraction of sp³-hybridized carbons (Fsp3) is 0.385. The van der Waals surface area contributed by atoms with Gasteiger partial charge in [-0.2, -0.15) is 0 Å². The lowest BCUT2D eigenvalue weighted by molar-refractivity contribution is -0.117. The number of halogens is 1. The summed E-state index contributed by atoms with van der Waals surface area (Å²) in [5.41, 5.74) is 0.947. The molecule has 0 aliphatic carbocycles. The number of hydrogen-bond acceptors (Lipinski definition) is 3. The van der Waals surface area contributed by atoms with Crippen molar-refractivity contribution in [3.05, 3.63) is 28.9 Å². The van der Waals surface area contributed by atoms with Crippen molar-refractivity contribution in [1.82, 2.24) is 9.61 Å². The zero-order valence-electron chi connectivity index (χ0n) is 10.3. The van der Waals surface area contributed by atoms with E-state index in [0.717, 1.165) is 23.0 Å². The summed E-state index contributed by atoms with van der Waals surface area (Å²) < 4.78 is 7.95. The van der Waals surface area contributed by atoms with Gasteiger partial charge in [0.15, 0.2) is 5.82 Å². The maximum absolute atomic E-state index is 11.9. The Kier molecular flexibility index (Phi) is 3.52. The van der Waals surface area contributed by atoms with Crippen LogP contribution < -0.4 is 5.32 Å². The maximum atomic E-state index is 11.9. The number of pyridine rings is 1. The van der Waals surface area contributed by atoms with Gasteiger partial charge in [0.05, 0.1) is 5.52 Å². The first-order valence-electron chi connectivity index (χ1n) is 6.23. The molecule has 6 heteroatoms. The number of nitrogens with one attached hydrogen (secondary N) is 1. The lowest BCUT2D eigenvalue weighted by atomic mass is 10.1. The summed E-state index contributed by atoms with van der Waals surface area (Å²) in [4.78, 5) is 11.9. The molecule has 1 N–H and O–H groups in total. The molecule has 2 aromatic rings. The molecule has 0 bridgehead atoms. The van der Waals surface area contributed by atoms with Crippen LogP contribution >= 0.6 is 15.9 Å². The molecule has 0 saturated carbocycles. The second-order valence-electron chi connectivity index (χ2n) is 4.73. The number of ether oxygens (including phenoxy) is 1. The van der Waals surface area contributed by atoms with Crippen molar-refractivity contribution in [2.45, 2.75) is 12.8 Å². The van der Waals surface area contributed by atoms with Crippen LogP contribution in [0.4, 0.5) is 5.82 Å². The highest BCUT2D eigenvalue weighted by Gasteiger charge is 2.19. The minimum atomic E-state index is -0.00188. The van der Waals surface area contributed by atoms with Crippen molar-refractivity contribution in [3.63, 3.8) is 0 Å². The van der Waals surface area contributed by atoms with E-state index in [4.69, 9.17) is 4.74 Å². The number of anilines is 1. The molecule has 0 spiro atoms. The average molecular weight is 324 g/mol. The zero-order valence-corrected chi connectivity index (χ0v) is 11.9. The predicted octanol–water partition coefficient (Wildman–Crippen LogP) is 2.46. The van der Waals surface area contributed by atoms with Gasteiger partial charge in [-0.25, -0.2) is 4.52 Å². The second-order valence-corrected chi connectivity index (χ2v) is 5.64. The van der Waals surface area contributed by atoms with Gasteiger partial charge in [0.25, 0.3) is 0 Å². The smallest absolute Gasteiger partial charge is 0.225 e. The summed E-state index contributed by atoms with van der Waals surface area (Å²) in [5.74, 6) is 0.922. The Morgan fingerprint density at radius 2 is 2.47 bits per heavy atom. The number of carbonyl (C=O) groups excluding carboxylic acids is 1. The van der Waals surface area contributed by atoms with Gasteiger partial charge >= 0.3 is 0 Å². The Bertz CT molecular complexity index is 605. The van der Waals surface area contributed by atoms with Crippen molar-refractivity contribution in [2.75, 3.05) is 18.5 Å². The van der Waals surface area contributed by atoms with Gasteiger partial charge in [0, 0.05) is 36.4 Å². The lowest BCUT2D eigenvalue weighted by Crippen LogP contribution is -2.16. The topological polar surface area (TPSA) is 55.6 Å². The summed E-state index contributed by atoms with van der Waals surface area (Å²) in [7, 11) is 0. The number of hydrogen-bond donors (Lipinski definition) is 1. The van der Waals surface area contributed by atoms with Crippen molar-refractivity contribution >= 4 is 33.2 Å². The molecular weight excluding hydrogens is 310 g/mol. The number of aromatic nitrogens is 2. The van der Waals surface area contributed by atoms with Crippen molar-refractivity contribution < 1.29 is 9.53 Å². The fourth-order valence-corrected chi connectivity index (χ4v) is 2.55. The van der Waals surface area contributed by atoms with Gasteiger partial charge in [-0.1, -0.05) is 0 Å². The second kappa shape index (κ2) is 5.30. The minimum absolute atomic E-state index is 0.00188. The molecule has 5 nitrogen and oxygen atoms in total. The fourth-order valence-electron chi connectivity index (χ4n) is 2.22. The molecular formula is C13H14BrN3O2. The standard InChI is InChI=1S/C13H14BrN3O2/c14-10-1-2-11-6-12(16-17(11)7-10)15-13(18)5-9-3-4-19-8-9/h1-2,6-7,9H,3-5,8H2,(H,15,16,18). The van der Waals surface area contributed by atoms with Crippen molar-refractivity contribution in [1.29, 1.82) is 0 Å². The number of rotatable bonds is 3. The first-order chi connectivity index (χ1) is 9.20. The molecule has 1 amide bonds. The summed E-state index contributed by atoms with van der Waals surface area (Å²) >= 11 is 3.39. The van der Waals surface area contributed by atoms with E-state index in [9.17, 15) is 4.79 Å². The highest BCUT2D eigenvalue weighted by atomic mass is 79.9. The molecule has 3 rings (SSSR count). The average Bonchev–Trinajstić information content (AvgIpc) is 2.97. The largest absolute Gasteiger partial charge is 0.381 e. The van der Waals surface area contributed by atoms with E-state index in [-0.39, 0.29) is 5.91 Å². The van der Waals surface area contributed by atoms with Crippen LogP contribution in [0.1, 0.15) is 12.8 Å². The number of nitrogens with zero attached hydrogens (tertiary/aromatic N) is 2. The van der Waals surface area contributed by atoms with Crippen molar-refractivity contribution in [3.8, 4) is 0 Å². The Morgan fingerprint density at radius 1 is 1.58 bits per heavy atom. The minimum Gasteiger partial charge on any atom is -0.381 e. The number of amides is 1. The van der Waals surface area contributed by atoms with Crippen LogP contribution in [0.25, 0.3) is 5.52 Å². The summed E-state index contributed by atoms with van der Waals surface area (Å²) in [6, 6.07) is 5.74. The molecule has 1 saturated heterocycles. The van der Waals surface area contributed by atoms with Gasteiger partial charge in [-0.15, -0.1) is 5.10 Å². The van der Waals surface area contributed by atoms with Crippen LogP contribution in [-0.4, -0.2) is 28.7 Å². The van der Waals surface area contributed by atoms with Gasteiger partial charge in [-0.05, 0) is 40.4 Å². The Labute approximate surface area is 119 Å². The van der Waals surface area contributed by atoms with Crippen LogP contribution in [0.2, 0.25) is 0 Å². The Hall–Kier alpha value is -1.40. The SMILES string of the molecule is O=C(CC1CCOC1)Nc1cc2ccc(Br)cn2n1. The third kappa shape index (κ3) is 2.96. The first kappa shape index (κ1) is 12.6. The van der Waals surface area contributed by atoms with E-state index in [1.807, 2.05) is 24.4 Å². The van der Waals surface area contributed by atoms with Crippen LogP contribution in [-0.2, 0) is 9.53 Å². The molecule has 0 radical (unpaired) electrons.